The molecule has 0 atom stereocenters. The first-order chi connectivity index (χ1) is 9.08. The number of carbonyl (C=O) groups excluding carboxylic acids is 2. The molecule has 1 rings (SSSR count). The fraction of sp³-hybridized carbons (Fsp3) is 0.583. The minimum absolute atomic E-state index is 0.124. The summed E-state index contributed by atoms with van der Waals surface area (Å²) in [6.45, 7) is 2.72. The Hall–Kier alpha value is -1.89. The summed E-state index contributed by atoms with van der Waals surface area (Å²) in [7, 11) is 2.85. The summed E-state index contributed by atoms with van der Waals surface area (Å²) in [5.74, 6) is -0.538. The number of nitrogens with zero attached hydrogens (tertiary/aromatic N) is 2. The predicted octanol–water partition coefficient (Wildman–Crippen LogP) is 0.635. The molecule has 0 fully saturated rings. The number of rotatable bonds is 7. The van der Waals surface area contributed by atoms with Crippen molar-refractivity contribution in [2.75, 3.05) is 33.9 Å². The molecule has 19 heavy (non-hydrogen) atoms. The van der Waals surface area contributed by atoms with Gasteiger partial charge in [-0.3, -0.25) is 9.59 Å². The molecular weight excluding hydrogens is 252 g/mol. The van der Waals surface area contributed by atoms with Crippen LogP contribution in [0, 0.1) is 6.92 Å². The maximum Gasteiger partial charge on any atom is 0.307 e. The maximum absolute atomic E-state index is 12.1. The van der Waals surface area contributed by atoms with Gasteiger partial charge in [0.05, 0.1) is 25.8 Å². The number of methoxy groups -OCH3 is 2. The van der Waals surface area contributed by atoms with Crippen LogP contribution in [0.2, 0.25) is 0 Å². The van der Waals surface area contributed by atoms with Gasteiger partial charge in [0, 0.05) is 26.3 Å². The Morgan fingerprint density at radius 3 is 2.63 bits per heavy atom. The molecule has 0 N–H and O–H groups in total. The van der Waals surface area contributed by atoms with Gasteiger partial charge in [-0.2, -0.15) is 0 Å². The van der Waals surface area contributed by atoms with Gasteiger partial charge in [-0.25, -0.2) is 0 Å². The van der Waals surface area contributed by atoms with Gasteiger partial charge < -0.3 is 18.9 Å². The number of aryl methyl sites for hydroxylation is 1. The van der Waals surface area contributed by atoms with Gasteiger partial charge in [0.1, 0.15) is 0 Å². The second kappa shape index (κ2) is 7.52. The number of ether oxygens (including phenoxy) is 2. The van der Waals surface area contributed by atoms with Crippen LogP contribution in [-0.4, -0.2) is 55.8 Å². The van der Waals surface area contributed by atoms with Crippen molar-refractivity contribution in [3.8, 4) is 0 Å². The first kappa shape index (κ1) is 15.2. The van der Waals surface area contributed by atoms with Crippen molar-refractivity contribution in [2.24, 2.45) is 0 Å². The topological polar surface area (TPSA) is 81.9 Å². The smallest absolute Gasteiger partial charge is 0.307 e. The lowest BCUT2D eigenvalue weighted by Gasteiger charge is -2.20. The van der Waals surface area contributed by atoms with Gasteiger partial charge >= 0.3 is 5.97 Å². The molecule has 106 valence electrons. The van der Waals surface area contributed by atoms with Gasteiger partial charge in [0.15, 0.2) is 0 Å². The van der Waals surface area contributed by atoms with E-state index in [0.717, 1.165) is 0 Å². The minimum Gasteiger partial charge on any atom is -0.469 e. The van der Waals surface area contributed by atoms with Crippen molar-refractivity contribution < 1.29 is 23.6 Å². The summed E-state index contributed by atoms with van der Waals surface area (Å²) >= 11 is 0. The average molecular weight is 270 g/mol. The predicted molar refractivity (Wildman–Crippen MR) is 65.7 cm³/mol. The lowest BCUT2D eigenvalue weighted by atomic mass is 10.3. The number of esters is 1. The van der Waals surface area contributed by atoms with Gasteiger partial charge in [0.25, 0.3) is 5.91 Å². The average Bonchev–Trinajstić information content (AvgIpc) is 2.84. The quantitative estimate of drug-likeness (QED) is 0.676. The normalized spacial score (nSPS) is 10.3. The highest BCUT2D eigenvalue weighted by atomic mass is 16.5. The molecule has 1 aromatic rings. The lowest BCUT2D eigenvalue weighted by Crippen LogP contribution is -2.35. The molecule has 0 bridgehead atoms. The minimum atomic E-state index is -0.371. The van der Waals surface area contributed by atoms with Gasteiger partial charge in [0.2, 0.25) is 5.76 Å². The van der Waals surface area contributed by atoms with E-state index in [2.05, 4.69) is 9.89 Å². The van der Waals surface area contributed by atoms with Crippen LogP contribution in [0.1, 0.15) is 22.7 Å². The van der Waals surface area contributed by atoms with E-state index in [9.17, 15) is 9.59 Å². The Balaban J connectivity index is 2.66. The maximum atomic E-state index is 12.1. The summed E-state index contributed by atoms with van der Waals surface area (Å²) in [6, 6.07) is 1.56. The molecule has 0 aliphatic carbocycles. The fourth-order valence-electron chi connectivity index (χ4n) is 1.46. The fourth-order valence-corrected chi connectivity index (χ4v) is 1.46. The van der Waals surface area contributed by atoms with Crippen LogP contribution in [0.5, 0.6) is 0 Å². The van der Waals surface area contributed by atoms with E-state index in [0.29, 0.717) is 18.8 Å². The molecule has 0 saturated carbocycles. The first-order valence-electron chi connectivity index (χ1n) is 5.86. The third kappa shape index (κ3) is 4.70. The zero-order valence-corrected chi connectivity index (χ0v) is 11.3. The summed E-state index contributed by atoms with van der Waals surface area (Å²) in [5, 5.41) is 3.67. The molecule has 7 nitrogen and oxygen atoms in total. The Morgan fingerprint density at radius 2 is 2.11 bits per heavy atom. The number of aromatic nitrogens is 1. The van der Waals surface area contributed by atoms with Crippen molar-refractivity contribution >= 4 is 11.9 Å². The molecule has 0 saturated heterocycles. The monoisotopic (exact) mass is 270 g/mol. The van der Waals surface area contributed by atoms with Crippen LogP contribution in [-0.2, 0) is 14.3 Å². The number of amides is 1. The largest absolute Gasteiger partial charge is 0.469 e. The summed E-state index contributed by atoms with van der Waals surface area (Å²) in [5.41, 5.74) is 0.628. The van der Waals surface area contributed by atoms with Crippen molar-refractivity contribution in [3.05, 3.63) is 17.5 Å². The van der Waals surface area contributed by atoms with Crippen LogP contribution in [0.15, 0.2) is 10.6 Å². The Kier molecular flexibility index (Phi) is 6.01. The second-order valence-corrected chi connectivity index (χ2v) is 3.94. The standard InChI is InChI=1S/C12H18N2O5/c1-9-8-10(19-13-9)12(16)14(6-7-17-2)5-4-11(15)18-3/h8H,4-7H2,1-3H3. The molecule has 0 aliphatic heterocycles. The van der Waals surface area contributed by atoms with Crippen LogP contribution in [0.4, 0.5) is 0 Å². The molecular formula is C12H18N2O5. The van der Waals surface area contributed by atoms with Crippen molar-refractivity contribution in [2.45, 2.75) is 13.3 Å². The van der Waals surface area contributed by atoms with E-state index in [1.54, 1.807) is 20.1 Å². The third-order valence-electron chi connectivity index (χ3n) is 2.50. The Bertz CT molecular complexity index is 430. The van der Waals surface area contributed by atoms with E-state index in [1.807, 2.05) is 0 Å². The number of hydrogen-bond acceptors (Lipinski definition) is 6. The zero-order valence-electron chi connectivity index (χ0n) is 11.3. The van der Waals surface area contributed by atoms with Crippen molar-refractivity contribution in [1.29, 1.82) is 0 Å². The SMILES string of the molecule is COCCN(CCC(=O)OC)C(=O)c1cc(C)no1. The molecule has 0 radical (unpaired) electrons. The molecule has 1 amide bonds. The molecule has 0 aliphatic rings. The Labute approximate surface area is 111 Å². The van der Waals surface area contributed by atoms with Crippen LogP contribution in [0.3, 0.4) is 0 Å². The highest BCUT2D eigenvalue weighted by Crippen LogP contribution is 2.07. The molecule has 0 spiro atoms. The molecule has 7 heteroatoms. The summed E-state index contributed by atoms with van der Waals surface area (Å²) in [6.07, 6.45) is 0.124. The van der Waals surface area contributed by atoms with E-state index < -0.39 is 0 Å². The molecule has 1 aromatic heterocycles. The van der Waals surface area contributed by atoms with Crippen LogP contribution in [0.25, 0.3) is 0 Å². The van der Waals surface area contributed by atoms with E-state index >= 15 is 0 Å². The van der Waals surface area contributed by atoms with Crippen LogP contribution < -0.4 is 0 Å². The van der Waals surface area contributed by atoms with Crippen LogP contribution >= 0.6 is 0 Å². The second-order valence-electron chi connectivity index (χ2n) is 3.94. The molecule has 0 unspecified atom stereocenters. The first-order valence-corrected chi connectivity index (χ1v) is 5.86. The lowest BCUT2D eigenvalue weighted by molar-refractivity contribution is -0.140. The highest BCUT2D eigenvalue weighted by Gasteiger charge is 2.20. The highest BCUT2D eigenvalue weighted by molar-refractivity contribution is 5.91. The molecule has 1 heterocycles. The number of carbonyl (C=O) groups is 2. The third-order valence-corrected chi connectivity index (χ3v) is 2.50. The van der Waals surface area contributed by atoms with E-state index in [-0.39, 0.29) is 30.6 Å². The summed E-state index contributed by atoms with van der Waals surface area (Å²) < 4.78 is 14.4. The number of hydrogen-bond donors (Lipinski definition) is 0. The van der Waals surface area contributed by atoms with Gasteiger partial charge in [-0.1, -0.05) is 5.16 Å². The molecule has 0 aromatic carbocycles. The zero-order chi connectivity index (χ0) is 14.3. The van der Waals surface area contributed by atoms with Gasteiger partial charge in [-0.05, 0) is 6.92 Å². The van der Waals surface area contributed by atoms with Crippen molar-refractivity contribution in [1.82, 2.24) is 10.1 Å². The van der Waals surface area contributed by atoms with E-state index in [1.165, 1.54) is 12.0 Å². The van der Waals surface area contributed by atoms with Crippen molar-refractivity contribution in [3.63, 3.8) is 0 Å². The van der Waals surface area contributed by atoms with E-state index in [4.69, 9.17) is 9.26 Å². The summed E-state index contributed by atoms with van der Waals surface area (Å²) in [4.78, 5) is 24.7. The van der Waals surface area contributed by atoms with Gasteiger partial charge in [-0.15, -0.1) is 0 Å². The Morgan fingerprint density at radius 1 is 1.37 bits per heavy atom.